The number of thiophene rings is 1. The number of rotatable bonds is 5. The van der Waals surface area contributed by atoms with Crippen LogP contribution in [0.25, 0.3) is 10.2 Å². The molecule has 0 spiro atoms. The van der Waals surface area contributed by atoms with Crippen molar-refractivity contribution in [2.75, 3.05) is 12.4 Å². The van der Waals surface area contributed by atoms with E-state index in [4.69, 9.17) is 15.5 Å². The van der Waals surface area contributed by atoms with E-state index in [-0.39, 0.29) is 17.4 Å². The maximum Gasteiger partial charge on any atom is 0.263 e. The van der Waals surface area contributed by atoms with Gasteiger partial charge >= 0.3 is 0 Å². The lowest BCUT2D eigenvalue weighted by atomic mass is 9.97. The Kier molecular flexibility index (Phi) is 4.84. The molecule has 1 amide bonds. The highest BCUT2D eigenvalue weighted by Crippen LogP contribution is 2.34. The van der Waals surface area contributed by atoms with Gasteiger partial charge in [-0.15, -0.1) is 11.3 Å². The fourth-order valence-electron chi connectivity index (χ4n) is 3.62. The third-order valence-corrected chi connectivity index (χ3v) is 6.98. The molecule has 8 heteroatoms. The Morgan fingerprint density at radius 3 is 2.96 bits per heavy atom. The number of aryl methyl sites for hydroxylation is 2. The topological polar surface area (TPSA) is 87.2 Å². The van der Waals surface area contributed by atoms with Crippen LogP contribution < -0.4 is 11.3 Å². The Morgan fingerprint density at radius 1 is 1.36 bits per heavy atom. The summed E-state index contributed by atoms with van der Waals surface area (Å²) in [5.74, 6) is -0.289. The number of carbonyl (C=O) groups excluding carboxylic acids is 1. The Morgan fingerprint density at radius 2 is 2.20 bits per heavy atom. The number of amides is 1. The van der Waals surface area contributed by atoms with Gasteiger partial charge < -0.3 is 10.5 Å². The van der Waals surface area contributed by atoms with E-state index >= 15 is 0 Å². The lowest BCUT2D eigenvalue weighted by Crippen LogP contribution is -2.29. The Balaban J connectivity index is 1.81. The fourth-order valence-corrected chi connectivity index (χ4v) is 5.67. The molecule has 3 heterocycles. The smallest absolute Gasteiger partial charge is 0.263 e. The van der Waals surface area contributed by atoms with E-state index in [2.05, 4.69) is 0 Å². The van der Waals surface area contributed by atoms with Gasteiger partial charge in [0.05, 0.1) is 23.8 Å². The van der Waals surface area contributed by atoms with E-state index < -0.39 is 5.91 Å². The fraction of sp³-hybridized carbons (Fsp3) is 0.588. The maximum atomic E-state index is 13.3. The van der Waals surface area contributed by atoms with Crippen molar-refractivity contribution in [1.82, 2.24) is 9.55 Å². The number of nitrogens with zero attached hydrogens (tertiary/aromatic N) is 2. The first-order chi connectivity index (χ1) is 12.1. The molecule has 0 radical (unpaired) electrons. The summed E-state index contributed by atoms with van der Waals surface area (Å²) < 4.78 is 7.41. The maximum absolute atomic E-state index is 13.3. The van der Waals surface area contributed by atoms with Crippen LogP contribution in [0.2, 0.25) is 0 Å². The van der Waals surface area contributed by atoms with E-state index in [9.17, 15) is 9.59 Å². The lowest BCUT2D eigenvalue weighted by molar-refractivity contribution is -0.115. The number of hydrogen-bond donors (Lipinski definition) is 1. The third kappa shape index (κ3) is 3.35. The zero-order valence-electron chi connectivity index (χ0n) is 14.0. The number of ether oxygens (including phenoxy) is 1. The van der Waals surface area contributed by atoms with E-state index in [1.165, 1.54) is 28.6 Å². The second kappa shape index (κ2) is 7.09. The molecule has 2 aromatic rings. The monoisotopic (exact) mass is 379 g/mol. The molecule has 2 N–H and O–H groups in total. The van der Waals surface area contributed by atoms with Crippen LogP contribution >= 0.6 is 23.1 Å². The first-order valence-electron chi connectivity index (χ1n) is 8.71. The normalized spacial score (nSPS) is 20.1. The Labute approximate surface area is 153 Å². The summed E-state index contributed by atoms with van der Waals surface area (Å²) in [5, 5.41) is 1.35. The second-order valence-corrected chi connectivity index (χ2v) is 8.62. The van der Waals surface area contributed by atoms with E-state index in [0.29, 0.717) is 11.7 Å². The van der Waals surface area contributed by atoms with Crippen LogP contribution in [0, 0.1) is 0 Å². The van der Waals surface area contributed by atoms with Crippen LogP contribution in [0.1, 0.15) is 36.1 Å². The molecule has 0 aromatic carbocycles. The van der Waals surface area contributed by atoms with Gasteiger partial charge in [-0.2, -0.15) is 0 Å². The predicted octanol–water partition coefficient (Wildman–Crippen LogP) is 2.09. The standard InChI is InChI=1S/C17H21N3O3S2/c18-13(21)9-24-17-19-15-14(11-5-1-2-6-12(11)25-15)16(22)20(17)8-10-4-3-7-23-10/h10H,1-9H2,(H2,18,21)/t10-/m0/s1. The van der Waals surface area contributed by atoms with Gasteiger partial charge in [-0.05, 0) is 44.1 Å². The summed E-state index contributed by atoms with van der Waals surface area (Å²) in [4.78, 5) is 31.3. The Hall–Kier alpha value is -1.38. The highest BCUT2D eigenvalue weighted by Gasteiger charge is 2.24. The largest absolute Gasteiger partial charge is 0.376 e. The zero-order chi connectivity index (χ0) is 17.4. The molecule has 4 rings (SSSR count). The molecule has 0 bridgehead atoms. The molecule has 1 aliphatic heterocycles. The molecule has 2 aromatic heterocycles. The predicted molar refractivity (Wildman–Crippen MR) is 99.4 cm³/mol. The summed E-state index contributed by atoms with van der Waals surface area (Å²) >= 11 is 2.87. The van der Waals surface area contributed by atoms with Crippen molar-refractivity contribution in [2.24, 2.45) is 5.73 Å². The summed E-state index contributed by atoms with van der Waals surface area (Å²) in [6.07, 6.45) is 6.30. The number of thioether (sulfide) groups is 1. The van der Waals surface area contributed by atoms with Gasteiger partial charge in [0.15, 0.2) is 5.16 Å². The van der Waals surface area contributed by atoms with Crippen molar-refractivity contribution in [3.05, 3.63) is 20.8 Å². The highest BCUT2D eigenvalue weighted by atomic mass is 32.2. The average Bonchev–Trinajstić information content (AvgIpc) is 3.22. The number of primary amides is 1. The number of nitrogens with two attached hydrogens (primary N) is 1. The molecule has 2 aliphatic rings. The second-order valence-electron chi connectivity index (χ2n) is 6.59. The molecule has 0 saturated carbocycles. The van der Waals surface area contributed by atoms with Gasteiger partial charge in [0.25, 0.3) is 5.56 Å². The van der Waals surface area contributed by atoms with Gasteiger partial charge in [-0.1, -0.05) is 11.8 Å². The van der Waals surface area contributed by atoms with Crippen molar-refractivity contribution in [3.8, 4) is 0 Å². The minimum Gasteiger partial charge on any atom is -0.376 e. The molecule has 1 atom stereocenters. The van der Waals surface area contributed by atoms with Crippen LogP contribution in [0.5, 0.6) is 0 Å². The van der Waals surface area contributed by atoms with Crippen LogP contribution in [-0.4, -0.2) is 33.9 Å². The van der Waals surface area contributed by atoms with Crippen LogP contribution in [-0.2, 0) is 28.9 Å². The van der Waals surface area contributed by atoms with Gasteiger partial charge in [0.2, 0.25) is 5.91 Å². The molecule has 25 heavy (non-hydrogen) atoms. The van der Waals surface area contributed by atoms with Gasteiger partial charge in [-0.25, -0.2) is 4.98 Å². The molecule has 1 aliphatic carbocycles. The third-order valence-electron chi connectivity index (χ3n) is 4.79. The van der Waals surface area contributed by atoms with Crippen molar-refractivity contribution in [1.29, 1.82) is 0 Å². The number of aromatic nitrogens is 2. The van der Waals surface area contributed by atoms with E-state index in [1.807, 2.05) is 0 Å². The zero-order valence-corrected chi connectivity index (χ0v) is 15.6. The van der Waals surface area contributed by atoms with Gasteiger partial charge in [-0.3, -0.25) is 14.2 Å². The minimum absolute atomic E-state index is 0.00636. The van der Waals surface area contributed by atoms with Crippen molar-refractivity contribution in [3.63, 3.8) is 0 Å². The molecule has 134 valence electrons. The molecular weight excluding hydrogens is 358 g/mol. The number of hydrogen-bond acceptors (Lipinski definition) is 6. The molecule has 6 nitrogen and oxygen atoms in total. The summed E-state index contributed by atoms with van der Waals surface area (Å²) in [6.45, 7) is 1.24. The first kappa shape index (κ1) is 17.1. The van der Waals surface area contributed by atoms with Gasteiger partial charge in [0, 0.05) is 11.5 Å². The van der Waals surface area contributed by atoms with Crippen LogP contribution in [0.4, 0.5) is 0 Å². The SMILES string of the molecule is NC(=O)CSc1nc2sc3c(c2c(=O)n1C[C@@H]1CCCO1)CCCC3. The summed E-state index contributed by atoms with van der Waals surface area (Å²) in [7, 11) is 0. The van der Waals surface area contributed by atoms with Crippen molar-refractivity contribution in [2.45, 2.75) is 56.3 Å². The van der Waals surface area contributed by atoms with Crippen LogP contribution in [0.15, 0.2) is 9.95 Å². The van der Waals surface area contributed by atoms with E-state index in [0.717, 1.165) is 48.9 Å². The average molecular weight is 380 g/mol. The lowest BCUT2D eigenvalue weighted by Gasteiger charge is -2.16. The number of carbonyl (C=O) groups is 1. The molecule has 1 fully saturated rings. The molecule has 1 saturated heterocycles. The van der Waals surface area contributed by atoms with E-state index in [1.54, 1.807) is 15.9 Å². The van der Waals surface area contributed by atoms with Crippen LogP contribution in [0.3, 0.4) is 0 Å². The van der Waals surface area contributed by atoms with Crippen molar-refractivity contribution < 1.29 is 9.53 Å². The minimum atomic E-state index is -0.409. The van der Waals surface area contributed by atoms with Crippen molar-refractivity contribution >= 4 is 39.2 Å². The first-order valence-corrected chi connectivity index (χ1v) is 10.5. The molecule has 0 unspecified atom stereocenters. The summed E-state index contributed by atoms with van der Waals surface area (Å²) in [5.41, 5.74) is 6.48. The quantitative estimate of drug-likeness (QED) is 0.635. The summed E-state index contributed by atoms with van der Waals surface area (Å²) in [6, 6.07) is 0. The van der Waals surface area contributed by atoms with Gasteiger partial charge in [0.1, 0.15) is 4.83 Å². The Bertz CT molecular complexity index is 868. The number of fused-ring (bicyclic) bond motifs is 3. The highest BCUT2D eigenvalue weighted by molar-refractivity contribution is 7.99. The molecular formula is C17H21N3O3S2.